The van der Waals surface area contributed by atoms with Crippen molar-refractivity contribution in [3.63, 3.8) is 0 Å². The molecule has 1 aromatic heterocycles. The standard InChI is InChI=1S/C18H15N2.Y/c1-13-4-3-5-17(10-13)15-6-8-16(9-7-15)18-19-11-14(2)12-20-18;/h3,5-12H,1-2H3;/q-1;+3. The number of aryl methyl sites for hydroxylation is 2. The largest absolute Gasteiger partial charge is 3.00 e. The second-order valence-corrected chi connectivity index (χ2v) is 4.92. The molecule has 0 bridgehead atoms. The van der Waals surface area contributed by atoms with Crippen molar-refractivity contribution in [2.24, 2.45) is 0 Å². The molecule has 0 amide bonds. The van der Waals surface area contributed by atoms with Gasteiger partial charge in [-0.1, -0.05) is 31.2 Å². The van der Waals surface area contributed by atoms with Crippen LogP contribution >= 0.6 is 0 Å². The van der Waals surface area contributed by atoms with Crippen LogP contribution in [0, 0.1) is 19.9 Å². The van der Waals surface area contributed by atoms with Crippen LogP contribution in [-0.4, -0.2) is 9.97 Å². The van der Waals surface area contributed by atoms with E-state index >= 15 is 0 Å². The monoisotopic (exact) mass is 348 g/mol. The number of nitrogens with zero attached hydrogens (tertiary/aromatic N) is 2. The Morgan fingerprint density at radius 1 is 0.810 bits per heavy atom. The van der Waals surface area contributed by atoms with Gasteiger partial charge in [-0.25, -0.2) is 9.97 Å². The minimum Gasteiger partial charge on any atom is -0.236 e. The molecular weight excluding hydrogens is 333 g/mol. The maximum absolute atomic E-state index is 4.35. The molecule has 1 heterocycles. The van der Waals surface area contributed by atoms with Crippen LogP contribution in [0.3, 0.4) is 0 Å². The average molecular weight is 348 g/mol. The van der Waals surface area contributed by atoms with Gasteiger partial charge in [0, 0.05) is 18.0 Å². The summed E-state index contributed by atoms with van der Waals surface area (Å²) in [5.41, 5.74) is 5.65. The molecule has 21 heavy (non-hydrogen) atoms. The van der Waals surface area contributed by atoms with Crippen LogP contribution < -0.4 is 0 Å². The normalized spacial score (nSPS) is 10.0. The van der Waals surface area contributed by atoms with Crippen molar-refractivity contribution in [1.82, 2.24) is 9.97 Å². The van der Waals surface area contributed by atoms with E-state index in [-0.39, 0.29) is 32.7 Å². The summed E-state index contributed by atoms with van der Waals surface area (Å²) in [5, 5.41) is 0. The van der Waals surface area contributed by atoms with E-state index in [1.165, 1.54) is 11.1 Å². The molecule has 3 aromatic rings. The first-order valence-corrected chi connectivity index (χ1v) is 6.60. The van der Waals surface area contributed by atoms with Gasteiger partial charge in [-0.2, -0.15) is 29.8 Å². The number of rotatable bonds is 2. The summed E-state index contributed by atoms with van der Waals surface area (Å²) in [6.07, 6.45) is 3.68. The molecule has 0 saturated carbocycles. The molecule has 2 aromatic carbocycles. The SMILES string of the molecule is Cc1[c-]ccc(-c2ccc(-c3ncc(C)cn3)cc2)c1.[Y+3]. The van der Waals surface area contributed by atoms with Crippen LogP contribution in [0.2, 0.25) is 0 Å². The minimum absolute atomic E-state index is 0. The molecule has 3 rings (SSSR count). The Kier molecular flexibility index (Phi) is 5.38. The van der Waals surface area contributed by atoms with Gasteiger partial charge in [0.2, 0.25) is 0 Å². The summed E-state index contributed by atoms with van der Waals surface area (Å²) < 4.78 is 0. The van der Waals surface area contributed by atoms with E-state index in [2.05, 4.69) is 59.4 Å². The molecule has 2 nitrogen and oxygen atoms in total. The average Bonchev–Trinajstić information content (AvgIpc) is 2.48. The molecule has 0 radical (unpaired) electrons. The van der Waals surface area contributed by atoms with E-state index in [4.69, 9.17) is 0 Å². The zero-order valence-electron chi connectivity index (χ0n) is 12.2. The molecule has 0 fully saturated rings. The van der Waals surface area contributed by atoms with Crippen LogP contribution in [0.25, 0.3) is 22.5 Å². The second kappa shape index (κ2) is 7.06. The predicted molar refractivity (Wildman–Crippen MR) is 81.2 cm³/mol. The van der Waals surface area contributed by atoms with Crippen molar-refractivity contribution >= 4 is 0 Å². The van der Waals surface area contributed by atoms with Gasteiger partial charge in [-0.3, -0.25) is 0 Å². The third kappa shape index (κ3) is 3.84. The van der Waals surface area contributed by atoms with E-state index in [1.807, 2.05) is 25.4 Å². The van der Waals surface area contributed by atoms with Crippen molar-refractivity contribution in [3.05, 3.63) is 72.1 Å². The van der Waals surface area contributed by atoms with Crippen LogP contribution in [0.15, 0.2) is 54.9 Å². The van der Waals surface area contributed by atoms with E-state index in [0.717, 1.165) is 22.5 Å². The van der Waals surface area contributed by atoms with Gasteiger partial charge in [0.25, 0.3) is 0 Å². The minimum atomic E-state index is 0. The third-order valence-electron chi connectivity index (χ3n) is 3.20. The first kappa shape index (κ1) is 16.0. The Morgan fingerprint density at radius 3 is 2.05 bits per heavy atom. The van der Waals surface area contributed by atoms with Crippen molar-refractivity contribution in [2.45, 2.75) is 13.8 Å². The molecule has 3 heteroatoms. The third-order valence-corrected chi connectivity index (χ3v) is 3.20. The van der Waals surface area contributed by atoms with Gasteiger partial charge in [-0.15, -0.1) is 5.56 Å². The van der Waals surface area contributed by atoms with Crippen LogP contribution in [0.1, 0.15) is 11.1 Å². The summed E-state index contributed by atoms with van der Waals surface area (Å²) in [6.45, 7) is 4.04. The summed E-state index contributed by atoms with van der Waals surface area (Å²) in [4.78, 5) is 8.70. The molecule has 0 aliphatic carbocycles. The summed E-state index contributed by atoms with van der Waals surface area (Å²) in [5.74, 6) is 0.764. The zero-order valence-corrected chi connectivity index (χ0v) is 15.0. The van der Waals surface area contributed by atoms with E-state index in [9.17, 15) is 0 Å². The Balaban J connectivity index is 0.00000161. The van der Waals surface area contributed by atoms with Gasteiger partial charge in [0.1, 0.15) is 0 Å². The van der Waals surface area contributed by atoms with Gasteiger partial charge in [0.05, 0.1) is 0 Å². The number of hydrogen-bond acceptors (Lipinski definition) is 2. The number of hydrogen-bond donors (Lipinski definition) is 0. The van der Waals surface area contributed by atoms with Crippen LogP contribution in [0.5, 0.6) is 0 Å². The first-order chi connectivity index (χ1) is 9.72. The van der Waals surface area contributed by atoms with E-state index in [1.54, 1.807) is 0 Å². The predicted octanol–water partition coefficient (Wildman–Crippen LogP) is 4.23. The Labute approximate surface area is 150 Å². The molecule has 0 aliphatic rings. The molecular formula is C18H15N2Y+2. The van der Waals surface area contributed by atoms with Gasteiger partial charge < -0.3 is 0 Å². The van der Waals surface area contributed by atoms with E-state index in [0.29, 0.717) is 0 Å². The van der Waals surface area contributed by atoms with Crippen molar-refractivity contribution in [3.8, 4) is 22.5 Å². The summed E-state index contributed by atoms with van der Waals surface area (Å²) >= 11 is 0. The molecule has 0 atom stereocenters. The first-order valence-electron chi connectivity index (χ1n) is 6.60. The Morgan fingerprint density at radius 2 is 1.43 bits per heavy atom. The Bertz CT molecular complexity index is 719. The van der Waals surface area contributed by atoms with Gasteiger partial charge >= 0.3 is 32.7 Å². The van der Waals surface area contributed by atoms with Crippen molar-refractivity contribution in [2.75, 3.05) is 0 Å². The fourth-order valence-corrected chi connectivity index (χ4v) is 2.12. The van der Waals surface area contributed by atoms with Crippen molar-refractivity contribution in [1.29, 1.82) is 0 Å². The summed E-state index contributed by atoms with van der Waals surface area (Å²) in [7, 11) is 0. The smallest absolute Gasteiger partial charge is 0.236 e. The molecule has 0 unspecified atom stereocenters. The molecule has 0 aliphatic heterocycles. The fraction of sp³-hybridized carbons (Fsp3) is 0.111. The fourth-order valence-electron chi connectivity index (χ4n) is 2.12. The topological polar surface area (TPSA) is 25.8 Å². The van der Waals surface area contributed by atoms with Crippen LogP contribution in [-0.2, 0) is 32.7 Å². The second-order valence-electron chi connectivity index (χ2n) is 4.92. The summed E-state index contributed by atoms with van der Waals surface area (Å²) in [6, 6.07) is 17.7. The Hall–Kier alpha value is -1.38. The number of benzene rings is 2. The quantitative estimate of drug-likeness (QED) is 0.648. The molecule has 0 saturated heterocycles. The molecule has 98 valence electrons. The van der Waals surface area contributed by atoms with Crippen LogP contribution in [0.4, 0.5) is 0 Å². The van der Waals surface area contributed by atoms with E-state index < -0.39 is 0 Å². The van der Waals surface area contributed by atoms with Crippen molar-refractivity contribution < 1.29 is 32.7 Å². The maximum Gasteiger partial charge on any atom is 3.00 e. The van der Waals surface area contributed by atoms with Gasteiger partial charge in [-0.05, 0) is 18.1 Å². The number of aromatic nitrogens is 2. The van der Waals surface area contributed by atoms with Gasteiger partial charge in [0.15, 0.2) is 5.82 Å². The zero-order chi connectivity index (χ0) is 13.9. The maximum atomic E-state index is 4.35. The molecule has 0 N–H and O–H groups in total. The molecule has 0 spiro atoms.